The van der Waals surface area contributed by atoms with Crippen molar-refractivity contribution in [2.24, 2.45) is 0 Å². The van der Waals surface area contributed by atoms with Crippen LogP contribution in [0.25, 0.3) is 0 Å². The van der Waals surface area contributed by atoms with E-state index in [-0.39, 0.29) is 17.9 Å². The van der Waals surface area contributed by atoms with E-state index in [1.807, 2.05) is 13.8 Å². The molecule has 0 aromatic carbocycles. The monoisotopic (exact) mass is 295 g/mol. The van der Waals surface area contributed by atoms with E-state index in [4.69, 9.17) is 9.52 Å². The van der Waals surface area contributed by atoms with Crippen LogP contribution in [-0.2, 0) is 6.54 Å². The molecule has 2 N–H and O–H groups in total. The standard InChI is InChI=1S/C12H13N3O4S/c1-6(2)11-15-14-9(20-11)4-13-10(16)8-3-7(5-19-8)12(17)18/h3,5-6H,4H2,1-2H3,(H,13,16)(H,17,18). The first-order valence-electron chi connectivity index (χ1n) is 5.89. The summed E-state index contributed by atoms with van der Waals surface area (Å²) < 4.78 is 4.89. The van der Waals surface area contributed by atoms with Crippen molar-refractivity contribution >= 4 is 23.2 Å². The Kier molecular flexibility index (Phi) is 4.14. The number of hydrogen-bond acceptors (Lipinski definition) is 6. The Labute approximate surface area is 118 Å². The van der Waals surface area contributed by atoms with Gasteiger partial charge in [-0.1, -0.05) is 25.2 Å². The second-order valence-electron chi connectivity index (χ2n) is 4.38. The van der Waals surface area contributed by atoms with E-state index in [1.54, 1.807) is 0 Å². The Morgan fingerprint density at radius 1 is 1.45 bits per heavy atom. The van der Waals surface area contributed by atoms with Crippen molar-refractivity contribution < 1.29 is 19.1 Å². The van der Waals surface area contributed by atoms with Gasteiger partial charge in [-0.25, -0.2) is 4.79 Å². The molecule has 0 unspecified atom stereocenters. The summed E-state index contributed by atoms with van der Waals surface area (Å²) in [6.07, 6.45) is 1.03. The fraction of sp³-hybridized carbons (Fsp3) is 0.333. The highest BCUT2D eigenvalue weighted by Crippen LogP contribution is 2.18. The molecule has 0 spiro atoms. The predicted octanol–water partition coefficient (Wildman–Crippen LogP) is 1.88. The molecule has 20 heavy (non-hydrogen) atoms. The highest BCUT2D eigenvalue weighted by Gasteiger charge is 2.15. The molecule has 0 bridgehead atoms. The van der Waals surface area contributed by atoms with Crippen LogP contribution >= 0.6 is 11.3 Å². The number of hydrogen-bond donors (Lipinski definition) is 2. The summed E-state index contributed by atoms with van der Waals surface area (Å²) in [5.41, 5.74) is -0.0619. The number of carbonyl (C=O) groups excluding carboxylic acids is 1. The average molecular weight is 295 g/mol. The summed E-state index contributed by atoms with van der Waals surface area (Å²) in [4.78, 5) is 22.4. The van der Waals surface area contributed by atoms with E-state index < -0.39 is 11.9 Å². The summed E-state index contributed by atoms with van der Waals surface area (Å²) in [6.45, 7) is 4.25. The van der Waals surface area contributed by atoms with Crippen LogP contribution in [0.2, 0.25) is 0 Å². The largest absolute Gasteiger partial charge is 0.478 e. The second-order valence-corrected chi connectivity index (χ2v) is 5.47. The molecular weight excluding hydrogens is 282 g/mol. The van der Waals surface area contributed by atoms with Crippen molar-refractivity contribution in [2.45, 2.75) is 26.3 Å². The lowest BCUT2D eigenvalue weighted by molar-refractivity contribution is 0.0696. The van der Waals surface area contributed by atoms with Gasteiger partial charge in [0.2, 0.25) is 0 Å². The molecule has 2 aromatic heterocycles. The number of aromatic carboxylic acids is 1. The van der Waals surface area contributed by atoms with Crippen LogP contribution in [0.3, 0.4) is 0 Å². The van der Waals surface area contributed by atoms with E-state index in [2.05, 4.69) is 15.5 Å². The van der Waals surface area contributed by atoms with Crippen LogP contribution in [0.5, 0.6) is 0 Å². The minimum Gasteiger partial charge on any atom is -0.478 e. The summed E-state index contributed by atoms with van der Waals surface area (Å²) in [6, 6.07) is 1.18. The number of aromatic nitrogens is 2. The summed E-state index contributed by atoms with van der Waals surface area (Å²) in [5.74, 6) is -1.38. The zero-order valence-electron chi connectivity index (χ0n) is 10.9. The molecule has 1 amide bonds. The fourth-order valence-electron chi connectivity index (χ4n) is 1.38. The molecule has 0 fully saturated rings. The molecule has 0 saturated heterocycles. The molecule has 0 atom stereocenters. The zero-order valence-corrected chi connectivity index (χ0v) is 11.7. The zero-order chi connectivity index (χ0) is 14.7. The first kappa shape index (κ1) is 14.2. The maximum absolute atomic E-state index is 11.8. The van der Waals surface area contributed by atoms with Crippen LogP contribution in [0, 0.1) is 0 Å². The number of carboxylic acid groups (broad SMARTS) is 1. The third-order valence-electron chi connectivity index (χ3n) is 2.45. The van der Waals surface area contributed by atoms with Gasteiger partial charge in [0.15, 0.2) is 5.76 Å². The lowest BCUT2D eigenvalue weighted by Gasteiger charge is -1.98. The molecule has 0 aliphatic carbocycles. The summed E-state index contributed by atoms with van der Waals surface area (Å²) in [5, 5.41) is 20.9. The summed E-state index contributed by atoms with van der Waals surface area (Å²) >= 11 is 1.43. The lowest BCUT2D eigenvalue weighted by Crippen LogP contribution is -2.22. The molecule has 8 heteroatoms. The third kappa shape index (κ3) is 3.21. The highest BCUT2D eigenvalue weighted by molar-refractivity contribution is 7.11. The van der Waals surface area contributed by atoms with Gasteiger partial charge in [-0.15, -0.1) is 10.2 Å². The molecule has 0 aliphatic heterocycles. The molecule has 0 saturated carbocycles. The quantitative estimate of drug-likeness (QED) is 0.872. The minimum absolute atomic E-state index is 0.0454. The van der Waals surface area contributed by atoms with Crippen LogP contribution < -0.4 is 5.32 Å². The average Bonchev–Trinajstić information content (AvgIpc) is 3.05. The van der Waals surface area contributed by atoms with Gasteiger partial charge in [0.1, 0.15) is 16.3 Å². The smallest absolute Gasteiger partial charge is 0.338 e. The Hall–Kier alpha value is -2.22. The van der Waals surface area contributed by atoms with Crippen molar-refractivity contribution in [2.75, 3.05) is 0 Å². The molecular formula is C12H13N3O4S. The number of carbonyl (C=O) groups is 2. The number of carboxylic acids is 1. The van der Waals surface area contributed by atoms with Crippen LogP contribution in [-0.4, -0.2) is 27.2 Å². The van der Waals surface area contributed by atoms with Crippen molar-refractivity contribution in [3.8, 4) is 0 Å². The van der Waals surface area contributed by atoms with Crippen LogP contribution in [0.15, 0.2) is 16.7 Å². The Morgan fingerprint density at radius 3 is 2.75 bits per heavy atom. The van der Waals surface area contributed by atoms with E-state index in [0.717, 1.165) is 11.3 Å². The van der Waals surface area contributed by atoms with Gasteiger partial charge in [0.05, 0.1) is 12.1 Å². The van der Waals surface area contributed by atoms with Crippen molar-refractivity contribution in [3.05, 3.63) is 33.7 Å². The van der Waals surface area contributed by atoms with Crippen molar-refractivity contribution in [3.63, 3.8) is 0 Å². The molecule has 0 aliphatic rings. The Bertz CT molecular complexity index is 632. The SMILES string of the molecule is CC(C)c1nnc(CNC(=O)c2cc(C(=O)O)co2)s1. The van der Waals surface area contributed by atoms with Gasteiger partial charge in [-0.3, -0.25) is 4.79 Å². The number of amides is 1. The first-order valence-corrected chi connectivity index (χ1v) is 6.71. The maximum atomic E-state index is 11.8. The van der Waals surface area contributed by atoms with Gasteiger partial charge in [0, 0.05) is 12.0 Å². The highest BCUT2D eigenvalue weighted by atomic mass is 32.1. The molecule has 2 rings (SSSR count). The van der Waals surface area contributed by atoms with Gasteiger partial charge in [0.25, 0.3) is 5.91 Å². The Morgan fingerprint density at radius 2 is 2.20 bits per heavy atom. The first-order chi connectivity index (χ1) is 9.47. The molecule has 2 heterocycles. The number of rotatable bonds is 5. The predicted molar refractivity (Wildman–Crippen MR) is 70.8 cm³/mol. The van der Waals surface area contributed by atoms with Gasteiger partial charge in [-0.2, -0.15) is 0 Å². The summed E-state index contributed by atoms with van der Waals surface area (Å²) in [7, 11) is 0. The molecule has 2 aromatic rings. The topological polar surface area (TPSA) is 105 Å². The normalized spacial score (nSPS) is 10.8. The van der Waals surface area contributed by atoms with Gasteiger partial charge in [-0.05, 0) is 0 Å². The lowest BCUT2D eigenvalue weighted by atomic mass is 10.2. The molecule has 0 radical (unpaired) electrons. The number of nitrogens with one attached hydrogen (secondary N) is 1. The number of furan rings is 1. The van der Waals surface area contributed by atoms with E-state index >= 15 is 0 Å². The molecule has 106 valence electrons. The molecule has 7 nitrogen and oxygen atoms in total. The van der Waals surface area contributed by atoms with Crippen LogP contribution in [0.1, 0.15) is 50.7 Å². The van der Waals surface area contributed by atoms with Crippen LogP contribution in [0.4, 0.5) is 0 Å². The van der Waals surface area contributed by atoms with E-state index in [9.17, 15) is 9.59 Å². The van der Waals surface area contributed by atoms with E-state index in [1.165, 1.54) is 17.4 Å². The number of nitrogens with zero attached hydrogens (tertiary/aromatic N) is 2. The van der Waals surface area contributed by atoms with Gasteiger partial charge < -0.3 is 14.8 Å². The van der Waals surface area contributed by atoms with Crippen molar-refractivity contribution in [1.29, 1.82) is 0 Å². The van der Waals surface area contributed by atoms with E-state index in [0.29, 0.717) is 10.9 Å². The third-order valence-corrected chi connectivity index (χ3v) is 3.67. The Balaban J connectivity index is 1.95. The fourth-order valence-corrected chi connectivity index (χ4v) is 2.17. The minimum atomic E-state index is -1.14. The van der Waals surface area contributed by atoms with Crippen molar-refractivity contribution in [1.82, 2.24) is 15.5 Å². The maximum Gasteiger partial charge on any atom is 0.338 e. The second kappa shape index (κ2) is 5.83. The van der Waals surface area contributed by atoms with Gasteiger partial charge >= 0.3 is 5.97 Å².